The molecule has 112 valence electrons. The van der Waals surface area contributed by atoms with Gasteiger partial charge in [-0.15, -0.1) is 0 Å². The fraction of sp³-hybridized carbons (Fsp3) is 0.385. The highest BCUT2D eigenvalue weighted by atomic mass is 16.5. The molecule has 1 aromatic rings. The summed E-state index contributed by atoms with van der Waals surface area (Å²) in [6, 6.07) is 1.69. The van der Waals surface area contributed by atoms with Crippen molar-refractivity contribution in [3.63, 3.8) is 0 Å². The van der Waals surface area contributed by atoms with Crippen LogP contribution in [0.25, 0.3) is 0 Å². The van der Waals surface area contributed by atoms with Crippen LogP contribution >= 0.6 is 0 Å². The largest absolute Gasteiger partial charge is 0.504 e. The number of carboxylic acids is 1. The van der Waals surface area contributed by atoms with E-state index in [-0.39, 0.29) is 11.5 Å². The summed E-state index contributed by atoms with van der Waals surface area (Å²) >= 11 is 0. The highest BCUT2D eigenvalue weighted by Gasteiger charge is 2.11. The lowest BCUT2D eigenvalue weighted by atomic mass is 10.2. The first-order valence-corrected chi connectivity index (χ1v) is 5.97. The molecule has 0 fully saturated rings. The van der Waals surface area contributed by atoms with E-state index in [1.807, 2.05) is 6.92 Å². The summed E-state index contributed by atoms with van der Waals surface area (Å²) in [6.45, 7) is 4.33. The minimum Gasteiger partial charge on any atom is -0.504 e. The highest BCUT2D eigenvalue weighted by Crippen LogP contribution is 2.35. The third-order valence-corrected chi connectivity index (χ3v) is 2.07. The van der Waals surface area contributed by atoms with Gasteiger partial charge >= 0.3 is 11.9 Å². The van der Waals surface area contributed by atoms with Crippen LogP contribution in [0.2, 0.25) is 0 Å². The van der Waals surface area contributed by atoms with Crippen LogP contribution in [0.5, 0.6) is 17.2 Å². The van der Waals surface area contributed by atoms with Crippen LogP contribution in [0.1, 0.15) is 37.0 Å². The van der Waals surface area contributed by atoms with Gasteiger partial charge in [0, 0.05) is 6.42 Å². The number of carbonyl (C=O) groups is 2. The van der Waals surface area contributed by atoms with Gasteiger partial charge in [-0.25, -0.2) is 4.79 Å². The Morgan fingerprint density at radius 2 is 1.60 bits per heavy atom. The Morgan fingerprint density at radius 1 is 1.10 bits per heavy atom. The van der Waals surface area contributed by atoms with Gasteiger partial charge in [0.05, 0.1) is 12.2 Å². The summed E-state index contributed by atoms with van der Waals surface area (Å²) < 4.78 is 4.70. The van der Waals surface area contributed by atoms with Crippen molar-refractivity contribution in [2.45, 2.75) is 26.7 Å². The molecule has 1 aromatic carbocycles. The first-order chi connectivity index (χ1) is 9.33. The van der Waals surface area contributed by atoms with Crippen LogP contribution < -0.4 is 0 Å². The van der Waals surface area contributed by atoms with E-state index in [1.54, 1.807) is 6.92 Å². The zero-order valence-electron chi connectivity index (χ0n) is 11.3. The summed E-state index contributed by atoms with van der Waals surface area (Å²) in [5.74, 6) is -3.44. The Hall–Kier alpha value is -2.44. The highest BCUT2D eigenvalue weighted by molar-refractivity contribution is 5.89. The first-order valence-electron chi connectivity index (χ1n) is 5.97. The third kappa shape index (κ3) is 5.94. The number of hydrogen-bond donors (Lipinski definition) is 4. The van der Waals surface area contributed by atoms with Gasteiger partial charge in [-0.3, -0.25) is 4.79 Å². The van der Waals surface area contributed by atoms with Gasteiger partial charge in [0.2, 0.25) is 0 Å². The van der Waals surface area contributed by atoms with E-state index in [9.17, 15) is 9.59 Å². The predicted molar refractivity (Wildman–Crippen MR) is 69.9 cm³/mol. The van der Waals surface area contributed by atoms with Crippen molar-refractivity contribution in [2.75, 3.05) is 6.61 Å². The molecule has 7 nitrogen and oxygen atoms in total. The van der Waals surface area contributed by atoms with Crippen LogP contribution in [-0.2, 0) is 9.53 Å². The second kappa shape index (κ2) is 8.63. The summed E-state index contributed by atoms with van der Waals surface area (Å²) in [7, 11) is 0. The molecule has 7 heteroatoms. The van der Waals surface area contributed by atoms with Crippen molar-refractivity contribution in [1.29, 1.82) is 0 Å². The molecule has 0 bridgehead atoms. The number of esters is 1. The van der Waals surface area contributed by atoms with Crippen molar-refractivity contribution in [2.24, 2.45) is 0 Å². The number of phenolic OH excluding ortho intramolecular Hbond substituents is 3. The van der Waals surface area contributed by atoms with Crippen molar-refractivity contribution in [3.05, 3.63) is 17.7 Å². The second-order valence-electron chi connectivity index (χ2n) is 3.74. The van der Waals surface area contributed by atoms with Crippen molar-refractivity contribution < 1.29 is 34.8 Å². The summed E-state index contributed by atoms with van der Waals surface area (Å²) in [5, 5.41) is 35.0. The molecule has 0 amide bonds. The maximum Gasteiger partial charge on any atom is 0.335 e. The van der Waals surface area contributed by atoms with E-state index in [4.69, 9.17) is 25.2 Å². The number of rotatable bonds is 4. The van der Waals surface area contributed by atoms with Crippen LogP contribution in [0.3, 0.4) is 0 Å². The number of hydrogen-bond acceptors (Lipinski definition) is 6. The fourth-order valence-corrected chi connectivity index (χ4v) is 1.05. The Kier molecular flexibility index (Phi) is 7.57. The number of aromatic hydroxyl groups is 3. The lowest BCUT2D eigenvalue weighted by Crippen LogP contribution is -2.02. The summed E-state index contributed by atoms with van der Waals surface area (Å²) in [6.07, 6.45) is 1.39. The fourth-order valence-electron chi connectivity index (χ4n) is 1.05. The van der Waals surface area contributed by atoms with Crippen LogP contribution in [0, 0.1) is 0 Å². The van der Waals surface area contributed by atoms with Crippen molar-refractivity contribution in [1.82, 2.24) is 0 Å². The molecular weight excluding hydrogens is 268 g/mol. The summed E-state index contributed by atoms with van der Waals surface area (Å²) in [5.41, 5.74) is -0.289. The van der Waals surface area contributed by atoms with E-state index < -0.39 is 23.2 Å². The second-order valence-corrected chi connectivity index (χ2v) is 3.74. The molecule has 0 radical (unpaired) electrons. The van der Waals surface area contributed by atoms with Gasteiger partial charge in [-0.1, -0.05) is 13.8 Å². The number of carboxylic acid groups (broad SMARTS) is 1. The molecule has 0 unspecified atom stereocenters. The number of phenols is 3. The first kappa shape index (κ1) is 17.6. The molecular formula is C13H18O7. The standard InChI is InChI=1S/C7H6O5.C6H12O2/c8-4-1-3(7(11)12)2-5(9)6(4)10;1-3-5-8-6(7)4-2/h1-2,8-10H,(H,11,12);3-5H2,1-2H3. The molecule has 20 heavy (non-hydrogen) atoms. The Balaban J connectivity index is 0.000000396. The zero-order valence-corrected chi connectivity index (χ0v) is 11.3. The molecule has 0 aliphatic rings. The predicted octanol–water partition coefficient (Wildman–Crippen LogP) is 1.85. The maximum atomic E-state index is 10.3. The van der Waals surface area contributed by atoms with E-state index in [0.717, 1.165) is 18.6 Å². The minimum atomic E-state index is -1.29. The molecule has 0 aromatic heterocycles. The molecule has 0 aliphatic carbocycles. The molecule has 0 spiro atoms. The average Bonchev–Trinajstić information content (AvgIpc) is 2.42. The molecule has 1 rings (SSSR count). The zero-order chi connectivity index (χ0) is 15.7. The molecule has 0 atom stereocenters. The maximum absolute atomic E-state index is 10.3. The van der Waals surface area contributed by atoms with E-state index in [0.29, 0.717) is 13.0 Å². The van der Waals surface area contributed by atoms with Gasteiger partial charge in [0.1, 0.15) is 0 Å². The average molecular weight is 286 g/mol. The summed E-state index contributed by atoms with van der Waals surface area (Å²) in [4.78, 5) is 20.7. The minimum absolute atomic E-state index is 0.105. The van der Waals surface area contributed by atoms with Gasteiger partial charge in [0.15, 0.2) is 17.2 Å². The van der Waals surface area contributed by atoms with Crippen LogP contribution in [-0.4, -0.2) is 39.0 Å². The molecule has 4 N–H and O–H groups in total. The van der Waals surface area contributed by atoms with E-state index in [1.165, 1.54) is 0 Å². The lowest BCUT2D eigenvalue weighted by molar-refractivity contribution is -0.143. The number of ether oxygens (including phenoxy) is 1. The van der Waals surface area contributed by atoms with Crippen molar-refractivity contribution >= 4 is 11.9 Å². The topological polar surface area (TPSA) is 124 Å². The number of aromatic carboxylic acids is 1. The van der Waals surface area contributed by atoms with E-state index >= 15 is 0 Å². The monoisotopic (exact) mass is 286 g/mol. The number of carbonyl (C=O) groups excluding carboxylic acids is 1. The lowest BCUT2D eigenvalue weighted by Gasteiger charge is -2.01. The SMILES string of the molecule is CCCOC(=O)CC.O=C(O)c1cc(O)c(O)c(O)c1. The Morgan fingerprint density at radius 3 is 1.95 bits per heavy atom. The van der Waals surface area contributed by atoms with Crippen LogP contribution in [0.15, 0.2) is 12.1 Å². The normalized spacial score (nSPS) is 9.30. The molecule has 0 heterocycles. The molecule has 0 aliphatic heterocycles. The van der Waals surface area contributed by atoms with Gasteiger partial charge in [-0.2, -0.15) is 0 Å². The quantitative estimate of drug-likeness (QED) is 0.491. The van der Waals surface area contributed by atoms with Gasteiger partial charge in [0.25, 0.3) is 0 Å². The Labute approximate surface area is 116 Å². The van der Waals surface area contributed by atoms with Crippen LogP contribution in [0.4, 0.5) is 0 Å². The van der Waals surface area contributed by atoms with Gasteiger partial charge < -0.3 is 25.2 Å². The van der Waals surface area contributed by atoms with Crippen molar-refractivity contribution in [3.8, 4) is 17.2 Å². The number of benzene rings is 1. The Bertz CT molecular complexity index is 445. The molecule has 0 saturated heterocycles. The molecule has 0 saturated carbocycles. The third-order valence-electron chi connectivity index (χ3n) is 2.07. The van der Waals surface area contributed by atoms with E-state index in [2.05, 4.69) is 0 Å². The van der Waals surface area contributed by atoms with Gasteiger partial charge in [-0.05, 0) is 18.6 Å². The smallest absolute Gasteiger partial charge is 0.335 e.